The molecule has 1 fully saturated rings. The lowest BCUT2D eigenvalue weighted by Crippen LogP contribution is -2.29. The summed E-state index contributed by atoms with van der Waals surface area (Å²) in [6, 6.07) is 0. The molecule has 0 aromatic heterocycles. The third-order valence-electron chi connectivity index (χ3n) is 2.63. The van der Waals surface area contributed by atoms with Gasteiger partial charge in [-0.05, 0) is 25.2 Å². The fourth-order valence-electron chi connectivity index (χ4n) is 1.78. The van der Waals surface area contributed by atoms with Crippen LogP contribution in [0.3, 0.4) is 0 Å². The molecule has 0 aromatic rings. The fourth-order valence-corrected chi connectivity index (χ4v) is 1.78. The molecule has 1 saturated carbocycles. The number of carbonyl (C=O) groups is 1. The van der Waals surface area contributed by atoms with Crippen molar-refractivity contribution in [2.45, 2.75) is 31.8 Å². The summed E-state index contributed by atoms with van der Waals surface area (Å²) in [4.78, 5) is 11.2. The Morgan fingerprint density at radius 3 is 2.93 bits per heavy atom. The SMILES string of the molecule is COCCC(=O)NCC1CCC(O)C1. The lowest BCUT2D eigenvalue weighted by atomic mass is 10.1. The number of carbonyl (C=O) groups excluding carboxylic acids is 1. The fraction of sp³-hybridized carbons (Fsp3) is 0.900. The van der Waals surface area contributed by atoms with E-state index < -0.39 is 0 Å². The zero-order chi connectivity index (χ0) is 10.4. The minimum absolute atomic E-state index is 0.0354. The average molecular weight is 201 g/mol. The van der Waals surface area contributed by atoms with Crippen molar-refractivity contribution in [2.75, 3.05) is 20.3 Å². The number of aliphatic hydroxyl groups excluding tert-OH is 1. The van der Waals surface area contributed by atoms with Gasteiger partial charge in [-0.25, -0.2) is 0 Å². The lowest BCUT2D eigenvalue weighted by molar-refractivity contribution is -0.122. The van der Waals surface area contributed by atoms with Gasteiger partial charge in [-0.1, -0.05) is 0 Å². The molecular weight excluding hydrogens is 182 g/mol. The Hall–Kier alpha value is -0.610. The van der Waals surface area contributed by atoms with Gasteiger partial charge in [0.1, 0.15) is 0 Å². The van der Waals surface area contributed by atoms with Gasteiger partial charge in [0.2, 0.25) is 5.91 Å². The minimum atomic E-state index is -0.157. The van der Waals surface area contributed by atoms with Gasteiger partial charge in [-0.15, -0.1) is 0 Å². The summed E-state index contributed by atoms with van der Waals surface area (Å²) in [6.07, 6.45) is 2.98. The van der Waals surface area contributed by atoms with Crippen LogP contribution in [0.1, 0.15) is 25.7 Å². The smallest absolute Gasteiger partial charge is 0.222 e. The molecule has 0 bridgehead atoms. The number of ether oxygens (including phenoxy) is 1. The van der Waals surface area contributed by atoms with Crippen LogP contribution in [0.25, 0.3) is 0 Å². The van der Waals surface area contributed by atoms with E-state index in [-0.39, 0.29) is 12.0 Å². The summed E-state index contributed by atoms with van der Waals surface area (Å²) in [5.74, 6) is 0.490. The lowest BCUT2D eigenvalue weighted by Gasteiger charge is -2.10. The van der Waals surface area contributed by atoms with Gasteiger partial charge in [0.05, 0.1) is 12.7 Å². The van der Waals surface area contributed by atoms with E-state index in [1.165, 1.54) is 0 Å². The van der Waals surface area contributed by atoms with Gasteiger partial charge in [0, 0.05) is 20.1 Å². The molecule has 0 aliphatic heterocycles. The largest absolute Gasteiger partial charge is 0.393 e. The van der Waals surface area contributed by atoms with Crippen molar-refractivity contribution < 1.29 is 14.6 Å². The van der Waals surface area contributed by atoms with E-state index in [4.69, 9.17) is 4.74 Å². The molecule has 1 rings (SSSR count). The van der Waals surface area contributed by atoms with Crippen LogP contribution in [0.5, 0.6) is 0 Å². The zero-order valence-corrected chi connectivity index (χ0v) is 8.66. The Balaban J connectivity index is 2.05. The van der Waals surface area contributed by atoms with E-state index in [1.54, 1.807) is 7.11 Å². The van der Waals surface area contributed by atoms with Crippen molar-refractivity contribution in [3.63, 3.8) is 0 Å². The summed E-state index contributed by atoms with van der Waals surface area (Å²) in [5, 5.41) is 12.1. The van der Waals surface area contributed by atoms with Crippen LogP contribution in [-0.4, -0.2) is 37.4 Å². The molecule has 2 atom stereocenters. The number of rotatable bonds is 5. The number of aliphatic hydroxyl groups is 1. The summed E-state index contributed by atoms with van der Waals surface area (Å²) in [5.41, 5.74) is 0. The monoisotopic (exact) mass is 201 g/mol. The summed E-state index contributed by atoms with van der Waals surface area (Å²) < 4.78 is 4.80. The number of hydrogen-bond donors (Lipinski definition) is 2. The van der Waals surface area contributed by atoms with Gasteiger partial charge < -0.3 is 15.2 Å². The first kappa shape index (κ1) is 11.5. The molecule has 0 saturated heterocycles. The van der Waals surface area contributed by atoms with Crippen molar-refractivity contribution in [3.8, 4) is 0 Å². The highest BCUT2D eigenvalue weighted by Crippen LogP contribution is 2.24. The highest BCUT2D eigenvalue weighted by molar-refractivity contribution is 5.75. The zero-order valence-electron chi connectivity index (χ0n) is 8.66. The van der Waals surface area contributed by atoms with Crippen LogP contribution >= 0.6 is 0 Å². The molecule has 4 nitrogen and oxygen atoms in total. The highest BCUT2D eigenvalue weighted by atomic mass is 16.5. The third-order valence-corrected chi connectivity index (χ3v) is 2.63. The molecule has 2 N–H and O–H groups in total. The van der Waals surface area contributed by atoms with E-state index >= 15 is 0 Å². The Labute approximate surface area is 84.6 Å². The minimum Gasteiger partial charge on any atom is -0.393 e. The predicted molar refractivity (Wildman–Crippen MR) is 52.9 cm³/mol. The van der Waals surface area contributed by atoms with Crippen molar-refractivity contribution >= 4 is 5.91 Å². The van der Waals surface area contributed by atoms with Gasteiger partial charge in [0.15, 0.2) is 0 Å². The standard InChI is InChI=1S/C10H19NO3/c1-14-5-4-10(13)11-7-8-2-3-9(12)6-8/h8-9,12H,2-7H2,1H3,(H,11,13). The predicted octanol–water partition coefficient (Wildman–Crippen LogP) is 0.300. The maximum absolute atomic E-state index is 11.2. The molecule has 0 aromatic carbocycles. The third kappa shape index (κ3) is 4.07. The van der Waals surface area contributed by atoms with E-state index in [9.17, 15) is 9.90 Å². The second-order valence-electron chi connectivity index (χ2n) is 3.88. The van der Waals surface area contributed by atoms with Gasteiger partial charge >= 0.3 is 0 Å². The Bertz CT molecular complexity index is 184. The summed E-state index contributed by atoms with van der Waals surface area (Å²) in [7, 11) is 1.58. The van der Waals surface area contributed by atoms with E-state index in [0.29, 0.717) is 25.5 Å². The van der Waals surface area contributed by atoms with Gasteiger partial charge in [0.25, 0.3) is 0 Å². The number of methoxy groups -OCH3 is 1. The topological polar surface area (TPSA) is 58.6 Å². The number of hydrogen-bond acceptors (Lipinski definition) is 3. The number of amides is 1. The highest BCUT2D eigenvalue weighted by Gasteiger charge is 2.22. The first-order valence-corrected chi connectivity index (χ1v) is 5.16. The normalized spacial score (nSPS) is 26.4. The Kier molecular flexibility index (Phi) is 4.90. The summed E-state index contributed by atoms with van der Waals surface area (Å²) >= 11 is 0. The van der Waals surface area contributed by atoms with Crippen LogP contribution in [0.15, 0.2) is 0 Å². The molecule has 4 heteroatoms. The van der Waals surface area contributed by atoms with Crippen molar-refractivity contribution in [2.24, 2.45) is 5.92 Å². The van der Waals surface area contributed by atoms with Crippen LogP contribution < -0.4 is 5.32 Å². The molecule has 1 aliphatic rings. The van der Waals surface area contributed by atoms with Gasteiger partial charge in [-0.2, -0.15) is 0 Å². The van der Waals surface area contributed by atoms with Gasteiger partial charge in [-0.3, -0.25) is 4.79 Å². The van der Waals surface area contributed by atoms with Crippen LogP contribution in [-0.2, 0) is 9.53 Å². The quantitative estimate of drug-likeness (QED) is 0.672. The van der Waals surface area contributed by atoms with E-state index in [1.807, 2.05) is 0 Å². The van der Waals surface area contributed by atoms with Crippen LogP contribution in [0, 0.1) is 5.92 Å². The average Bonchev–Trinajstić information content (AvgIpc) is 2.58. The molecule has 0 radical (unpaired) electrons. The van der Waals surface area contributed by atoms with Crippen molar-refractivity contribution in [1.29, 1.82) is 0 Å². The van der Waals surface area contributed by atoms with E-state index in [2.05, 4.69) is 5.32 Å². The second-order valence-corrected chi connectivity index (χ2v) is 3.88. The van der Waals surface area contributed by atoms with Crippen molar-refractivity contribution in [3.05, 3.63) is 0 Å². The molecule has 14 heavy (non-hydrogen) atoms. The molecule has 0 heterocycles. The maximum atomic E-state index is 11.2. The molecule has 2 unspecified atom stereocenters. The number of nitrogens with one attached hydrogen (secondary N) is 1. The first-order valence-electron chi connectivity index (χ1n) is 5.16. The van der Waals surface area contributed by atoms with E-state index in [0.717, 1.165) is 19.3 Å². The Morgan fingerprint density at radius 1 is 1.57 bits per heavy atom. The molecule has 0 spiro atoms. The Morgan fingerprint density at radius 2 is 2.36 bits per heavy atom. The summed E-state index contributed by atoms with van der Waals surface area (Å²) in [6.45, 7) is 1.17. The van der Waals surface area contributed by atoms with Crippen LogP contribution in [0.4, 0.5) is 0 Å². The second kappa shape index (κ2) is 5.98. The molecule has 1 aliphatic carbocycles. The maximum Gasteiger partial charge on any atom is 0.222 e. The first-order chi connectivity index (χ1) is 6.72. The molecular formula is C10H19NO3. The van der Waals surface area contributed by atoms with Crippen LogP contribution in [0.2, 0.25) is 0 Å². The van der Waals surface area contributed by atoms with Crippen molar-refractivity contribution in [1.82, 2.24) is 5.32 Å². The molecule has 1 amide bonds. The molecule has 82 valence electrons.